The molecule has 98 valence electrons. The van der Waals surface area contributed by atoms with Crippen LogP contribution < -0.4 is 16.6 Å². The molecule has 4 N–H and O–H groups in total. The standard InChI is InChI=1S/C12H19N5O/c1-2-5-12(6-7-12)8-14-11(18)9-3-4-10(15-13)17-16-9/h3-4H,2,5-8,13H2,1H3,(H,14,18)(H,15,17). The van der Waals surface area contributed by atoms with E-state index < -0.39 is 0 Å². The Kier molecular flexibility index (Phi) is 3.76. The fourth-order valence-corrected chi connectivity index (χ4v) is 2.11. The van der Waals surface area contributed by atoms with Gasteiger partial charge in [0.1, 0.15) is 0 Å². The van der Waals surface area contributed by atoms with E-state index in [4.69, 9.17) is 5.84 Å². The van der Waals surface area contributed by atoms with Crippen LogP contribution >= 0.6 is 0 Å². The summed E-state index contributed by atoms with van der Waals surface area (Å²) < 4.78 is 0. The second-order valence-corrected chi connectivity index (χ2v) is 4.88. The van der Waals surface area contributed by atoms with E-state index in [9.17, 15) is 4.79 Å². The van der Waals surface area contributed by atoms with Gasteiger partial charge in [-0.05, 0) is 36.8 Å². The Morgan fingerprint density at radius 2 is 2.22 bits per heavy atom. The lowest BCUT2D eigenvalue weighted by Gasteiger charge is -2.14. The largest absolute Gasteiger partial charge is 0.350 e. The van der Waals surface area contributed by atoms with Gasteiger partial charge in [-0.1, -0.05) is 13.3 Å². The summed E-state index contributed by atoms with van der Waals surface area (Å²) in [5, 5.41) is 10.5. The van der Waals surface area contributed by atoms with Gasteiger partial charge in [0, 0.05) is 6.54 Å². The molecule has 0 saturated heterocycles. The predicted molar refractivity (Wildman–Crippen MR) is 68.8 cm³/mol. The topological polar surface area (TPSA) is 92.9 Å². The highest BCUT2D eigenvalue weighted by molar-refractivity contribution is 5.92. The Morgan fingerprint density at radius 1 is 1.44 bits per heavy atom. The van der Waals surface area contributed by atoms with E-state index >= 15 is 0 Å². The molecule has 0 aliphatic heterocycles. The molecule has 18 heavy (non-hydrogen) atoms. The van der Waals surface area contributed by atoms with Gasteiger partial charge in [0.15, 0.2) is 11.5 Å². The van der Waals surface area contributed by atoms with Crippen molar-refractivity contribution in [3.8, 4) is 0 Å². The van der Waals surface area contributed by atoms with Crippen LogP contribution in [0.15, 0.2) is 12.1 Å². The van der Waals surface area contributed by atoms with Crippen molar-refractivity contribution in [1.82, 2.24) is 15.5 Å². The molecular weight excluding hydrogens is 230 g/mol. The number of nitrogens with one attached hydrogen (secondary N) is 2. The summed E-state index contributed by atoms with van der Waals surface area (Å²) in [5.41, 5.74) is 3.04. The van der Waals surface area contributed by atoms with Gasteiger partial charge in [-0.15, -0.1) is 10.2 Å². The number of nitrogens with two attached hydrogens (primary N) is 1. The smallest absolute Gasteiger partial charge is 0.271 e. The molecule has 1 fully saturated rings. The molecule has 2 rings (SSSR count). The number of hydrogen-bond acceptors (Lipinski definition) is 5. The third-order valence-electron chi connectivity index (χ3n) is 3.41. The first-order valence-corrected chi connectivity index (χ1v) is 6.28. The molecule has 1 aliphatic carbocycles. The summed E-state index contributed by atoms with van der Waals surface area (Å²) in [6, 6.07) is 3.23. The van der Waals surface area contributed by atoms with Gasteiger partial charge in [0.2, 0.25) is 0 Å². The van der Waals surface area contributed by atoms with Crippen molar-refractivity contribution in [3.63, 3.8) is 0 Å². The van der Waals surface area contributed by atoms with Gasteiger partial charge >= 0.3 is 0 Å². The zero-order chi connectivity index (χ0) is 13.0. The Bertz CT molecular complexity index is 413. The van der Waals surface area contributed by atoms with Gasteiger partial charge in [0.25, 0.3) is 5.91 Å². The normalized spacial score (nSPS) is 16.1. The minimum atomic E-state index is -0.173. The summed E-state index contributed by atoms with van der Waals surface area (Å²) in [6.45, 7) is 2.91. The Morgan fingerprint density at radius 3 is 2.72 bits per heavy atom. The first-order chi connectivity index (χ1) is 8.69. The SMILES string of the molecule is CCCC1(CNC(=O)c2ccc(NN)nn2)CC1. The molecule has 1 aromatic heterocycles. The Hall–Kier alpha value is -1.69. The monoisotopic (exact) mass is 249 g/mol. The molecule has 1 aromatic rings. The number of rotatable bonds is 6. The highest BCUT2D eigenvalue weighted by Crippen LogP contribution is 2.48. The molecule has 0 unspecified atom stereocenters. The van der Waals surface area contributed by atoms with E-state index in [0.717, 1.165) is 13.0 Å². The van der Waals surface area contributed by atoms with Crippen LogP contribution in [0.3, 0.4) is 0 Å². The summed E-state index contributed by atoms with van der Waals surface area (Å²) in [5.74, 6) is 5.45. The molecule has 0 aromatic carbocycles. The summed E-state index contributed by atoms with van der Waals surface area (Å²) >= 11 is 0. The lowest BCUT2D eigenvalue weighted by molar-refractivity contribution is 0.0937. The van der Waals surface area contributed by atoms with E-state index in [1.54, 1.807) is 12.1 Å². The zero-order valence-corrected chi connectivity index (χ0v) is 10.6. The first-order valence-electron chi connectivity index (χ1n) is 6.28. The van der Waals surface area contributed by atoms with E-state index in [1.165, 1.54) is 19.3 Å². The van der Waals surface area contributed by atoms with Crippen LogP contribution in [0.2, 0.25) is 0 Å². The van der Waals surface area contributed by atoms with Crippen LogP contribution in [-0.2, 0) is 0 Å². The highest BCUT2D eigenvalue weighted by Gasteiger charge is 2.41. The number of aromatic nitrogens is 2. The molecule has 0 atom stereocenters. The molecule has 1 amide bonds. The third kappa shape index (κ3) is 2.95. The molecule has 1 saturated carbocycles. The maximum atomic E-state index is 11.9. The fraction of sp³-hybridized carbons (Fsp3) is 0.583. The number of nitrogen functional groups attached to an aromatic ring is 1. The number of carbonyl (C=O) groups excluding carboxylic acids is 1. The van der Waals surface area contributed by atoms with Gasteiger partial charge in [0.05, 0.1) is 0 Å². The molecule has 1 heterocycles. The van der Waals surface area contributed by atoms with Crippen LogP contribution in [0.1, 0.15) is 43.1 Å². The summed E-state index contributed by atoms with van der Waals surface area (Å²) in [4.78, 5) is 11.9. The van der Waals surface area contributed by atoms with E-state index in [-0.39, 0.29) is 5.91 Å². The highest BCUT2D eigenvalue weighted by atomic mass is 16.1. The van der Waals surface area contributed by atoms with Gasteiger partial charge in [-0.25, -0.2) is 5.84 Å². The van der Waals surface area contributed by atoms with Crippen molar-refractivity contribution < 1.29 is 4.79 Å². The second kappa shape index (κ2) is 5.30. The number of anilines is 1. The quantitative estimate of drug-likeness (QED) is 0.518. The summed E-state index contributed by atoms with van der Waals surface area (Å²) in [6.07, 6.45) is 4.76. The lowest BCUT2D eigenvalue weighted by Crippen LogP contribution is -2.31. The fourth-order valence-electron chi connectivity index (χ4n) is 2.11. The number of amides is 1. The number of carbonyl (C=O) groups is 1. The van der Waals surface area contributed by atoms with Gasteiger partial charge < -0.3 is 10.7 Å². The molecule has 0 bridgehead atoms. The second-order valence-electron chi connectivity index (χ2n) is 4.88. The van der Waals surface area contributed by atoms with Crippen molar-refractivity contribution in [2.75, 3.05) is 12.0 Å². The van der Waals surface area contributed by atoms with Crippen LogP contribution in [0, 0.1) is 5.41 Å². The van der Waals surface area contributed by atoms with Crippen LogP contribution in [-0.4, -0.2) is 22.6 Å². The van der Waals surface area contributed by atoms with E-state index in [0.29, 0.717) is 16.9 Å². The Balaban J connectivity index is 1.87. The molecular formula is C12H19N5O. The van der Waals surface area contributed by atoms with Crippen molar-refractivity contribution in [2.45, 2.75) is 32.6 Å². The van der Waals surface area contributed by atoms with E-state index in [1.807, 2.05) is 0 Å². The zero-order valence-electron chi connectivity index (χ0n) is 10.6. The third-order valence-corrected chi connectivity index (χ3v) is 3.41. The van der Waals surface area contributed by atoms with Gasteiger partial charge in [-0.3, -0.25) is 4.79 Å². The van der Waals surface area contributed by atoms with Crippen molar-refractivity contribution in [3.05, 3.63) is 17.8 Å². The van der Waals surface area contributed by atoms with Crippen molar-refractivity contribution in [1.29, 1.82) is 0 Å². The number of nitrogens with zero attached hydrogens (tertiary/aromatic N) is 2. The molecule has 0 spiro atoms. The summed E-state index contributed by atoms with van der Waals surface area (Å²) in [7, 11) is 0. The maximum absolute atomic E-state index is 11.9. The predicted octanol–water partition coefficient (Wildman–Crippen LogP) is 1.07. The Labute approximate surface area is 106 Å². The van der Waals surface area contributed by atoms with Crippen LogP contribution in [0.25, 0.3) is 0 Å². The van der Waals surface area contributed by atoms with Gasteiger partial charge in [-0.2, -0.15) is 0 Å². The average Bonchev–Trinajstić information content (AvgIpc) is 3.17. The maximum Gasteiger partial charge on any atom is 0.271 e. The molecule has 6 nitrogen and oxygen atoms in total. The number of hydrogen-bond donors (Lipinski definition) is 3. The van der Waals surface area contributed by atoms with E-state index in [2.05, 4.69) is 27.9 Å². The minimum Gasteiger partial charge on any atom is -0.350 e. The van der Waals surface area contributed by atoms with Crippen LogP contribution in [0.5, 0.6) is 0 Å². The first kappa shape index (κ1) is 12.8. The van der Waals surface area contributed by atoms with Crippen molar-refractivity contribution in [2.24, 2.45) is 11.3 Å². The molecule has 0 radical (unpaired) electrons. The molecule has 6 heteroatoms. The average molecular weight is 249 g/mol. The molecule has 1 aliphatic rings. The van der Waals surface area contributed by atoms with Crippen molar-refractivity contribution >= 4 is 11.7 Å². The lowest BCUT2D eigenvalue weighted by atomic mass is 10.0. The van der Waals surface area contributed by atoms with Crippen LogP contribution in [0.4, 0.5) is 5.82 Å². The minimum absolute atomic E-state index is 0.173. The number of hydrazine groups is 1.